The third-order valence-electron chi connectivity index (χ3n) is 5.21. The van der Waals surface area contributed by atoms with E-state index < -0.39 is 23.5 Å². The lowest BCUT2D eigenvalue weighted by Gasteiger charge is -2.22. The molecule has 1 N–H and O–H groups in total. The smallest absolute Gasteiger partial charge is 0.296 e. The Morgan fingerprint density at radius 2 is 1.91 bits per heavy atom. The van der Waals surface area contributed by atoms with Gasteiger partial charge in [-0.2, -0.15) is 0 Å². The number of aliphatic hydroxyl groups is 1. The highest BCUT2D eigenvalue weighted by atomic mass is 35.5. The van der Waals surface area contributed by atoms with Crippen molar-refractivity contribution in [1.29, 1.82) is 0 Å². The van der Waals surface area contributed by atoms with E-state index in [1.807, 2.05) is 0 Å². The Kier molecular flexibility index (Phi) is 5.71. The Balaban J connectivity index is 1.91. The molecule has 3 heterocycles. The molecule has 0 aliphatic carbocycles. The minimum absolute atomic E-state index is 0.0137. The Bertz CT molecular complexity index is 1210. The number of Topliss-reactive ketones (excluding diaryl/α,β-unsaturated/α-hetero) is 1. The van der Waals surface area contributed by atoms with Crippen LogP contribution in [0.1, 0.15) is 28.9 Å². The number of ketones is 1. The summed E-state index contributed by atoms with van der Waals surface area (Å²) in [6.07, 6.45) is 1.48. The molecule has 0 radical (unpaired) electrons. The molecular formula is C23H20ClNO7. The van der Waals surface area contributed by atoms with Crippen LogP contribution in [0.25, 0.3) is 5.76 Å². The van der Waals surface area contributed by atoms with Crippen molar-refractivity contribution in [2.45, 2.75) is 19.5 Å². The summed E-state index contributed by atoms with van der Waals surface area (Å²) in [5.74, 6) is -0.207. The number of nitrogens with zero attached hydrogens (tertiary/aromatic N) is 1. The van der Waals surface area contributed by atoms with Gasteiger partial charge in [-0.25, -0.2) is 0 Å². The van der Waals surface area contributed by atoms with E-state index in [0.29, 0.717) is 17.3 Å². The number of aliphatic hydroxyl groups excluding tert-OH is 1. The van der Waals surface area contributed by atoms with Gasteiger partial charge in [0.05, 0.1) is 43.2 Å². The molecule has 0 saturated carbocycles. The van der Waals surface area contributed by atoms with Crippen LogP contribution in [0.5, 0.6) is 11.5 Å². The zero-order chi connectivity index (χ0) is 23.0. The maximum absolute atomic E-state index is 13.1. The van der Waals surface area contributed by atoms with E-state index in [9.17, 15) is 14.7 Å². The number of likely N-dealkylation sites (tertiary alicyclic amines) is 1. The number of ether oxygens (including phenoxy) is 2. The number of furan rings is 2. The summed E-state index contributed by atoms with van der Waals surface area (Å²) in [6, 6.07) is 8.68. The number of benzene rings is 1. The van der Waals surface area contributed by atoms with Crippen LogP contribution >= 0.6 is 11.6 Å². The Hall–Kier alpha value is -3.65. The monoisotopic (exact) mass is 457 g/mol. The number of amides is 1. The second kappa shape index (κ2) is 8.47. The molecule has 1 aliphatic rings. The summed E-state index contributed by atoms with van der Waals surface area (Å²) in [5, 5.41) is 11.5. The second-order valence-corrected chi connectivity index (χ2v) is 7.55. The number of methoxy groups -OCH3 is 2. The number of hydrogen-bond donors (Lipinski definition) is 1. The van der Waals surface area contributed by atoms with Crippen LogP contribution in [0, 0.1) is 6.92 Å². The molecule has 1 amide bonds. The average Bonchev–Trinajstić information content (AvgIpc) is 3.50. The van der Waals surface area contributed by atoms with Gasteiger partial charge in [-0.3, -0.25) is 9.59 Å². The summed E-state index contributed by atoms with van der Waals surface area (Å²) in [6.45, 7) is 1.76. The van der Waals surface area contributed by atoms with Gasteiger partial charge in [0.25, 0.3) is 11.7 Å². The van der Waals surface area contributed by atoms with Crippen molar-refractivity contribution in [3.8, 4) is 11.5 Å². The molecule has 1 unspecified atom stereocenters. The van der Waals surface area contributed by atoms with Gasteiger partial charge >= 0.3 is 0 Å². The zero-order valence-electron chi connectivity index (χ0n) is 17.5. The maximum Gasteiger partial charge on any atom is 0.296 e. The molecule has 9 heteroatoms. The summed E-state index contributed by atoms with van der Waals surface area (Å²) >= 11 is 6.17. The first-order valence-corrected chi connectivity index (χ1v) is 10.0. The van der Waals surface area contributed by atoms with E-state index in [-0.39, 0.29) is 34.2 Å². The first-order valence-electron chi connectivity index (χ1n) is 9.64. The van der Waals surface area contributed by atoms with Gasteiger partial charge in [0.15, 0.2) is 0 Å². The molecule has 32 heavy (non-hydrogen) atoms. The van der Waals surface area contributed by atoms with E-state index >= 15 is 0 Å². The van der Waals surface area contributed by atoms with Crippen LogP contribution in [0.4, 0.5) is 0 Å². The number of carbonyl (C=O) groups excluding carboxylic acids is 2. The van der Waals surface area contributed by atoms with Crippen LogP contribution in [0.2, 0.25) is 5.02 Å². The Morgan fingerprint density at radius 3 is 2.50 bits per heavy atom. The summed E-state index contributed by atoms with van der Waals surface area (Å²) < 4.78 is 21.7. The van der Waals surface area contributed by atoms with Crippen molar-refractivity contribution in [3.05, 3.63) is 76.1 Å². The van der Waals surface area contributed by atoms with E-state index in [1.165, 1.54) is 37.5 Å². The predicted octanol–water partition coefficient (Wildman–Crippen LogP) is 4.47. The molecule has 166 valence electrons. The van der Waals surface area contributed by atoms with Crippen molar-refractivity contribution in [3.63, 3.8) is 0 Å². The van der Waals surface area contributed by atoms with Gasteiger partial charge in [0.1, 0.15) is 40.6 Å². The van der Waals surface area contributed by atoms with Gasteiger partial charge in [-0.05, 0) is 37.3 Å². The number of rotatable bonds is 6. The first kappa shape index (κ1) is 21.6. The van der Waals surface area contributed by atoms with Crippen molar-refractivity contribution in [2.24, 2.45) is 0 Å². The zero-order valence-corrected chi connectivity index (χ0v) is 18.3. The lowest BCUT2D eigenvalue weighted by molar-refractivity contribution is -0.140. The molecule has 3 aromatic rings. The van der Waals surface area contributed by atoms with Crippen molar-refractivity contribution in [2.75, 3.05) is 14.2 Å². The molecule has 1 saturated heterocycles. The fraction of sp³-hybridized carbons (Fsp3) is 0.217. The number of hydrogen-bond acceptors (Lipinski definition) is 7. The van der Waals surface area contributed by atoms with E-state index in [4.69, 9.17) is 29.9 Å². The highest BCUT2D eigenvalue weighted by Crippen LogP contribution is 2.43. The number of aryl methyl sites for hydroxylation is 1. The lowest BCUT2D eigenvalue weighted by atomic mass is 9.98. The van der Waals surface area contributed by atoms with Crippen LogP contribution in [0.3, 0.4) is 0 Å². The molecule has 1 atom stereocenters. The highest BCUT2D eigenvalue weighted by Gasteiger charge is 2.48. The van der Waals surface area contributed by atoms with E-state index in [2.05, 4.69) is 0 Å². The third kappa shape index (κ3) is 3.62. The molecule has 1 fully saturated rings. The maximum atomic E-state index is 13.1. The van der Waals surface area contributed by atoms with Gasteiger partial charge in [-0.15, -0.1) is 0 Å². The van der Waals surface area contributed by atoms with E-state index in [1.54, 1.807) is 31.2 Å². The molecule has 4 rings (SSSR count). The first-order chi connectivity index (χ1) is 15.3. The predicted molar refractivity (Wildman–Crippen MR) is 115 cm³/mol. The SMILES string of the molecule is COc1cc(/C(O)=C2\C(=O)C(=O)N(Cc3ccco3)C2c2ccc(C)o2)c(OC)cc1Cl. The van der Waals surface area contributed by atoms with E-state index in [0.717, 1.165) is 0 Å². The molecule has 1 aliphatic heterocycles. The summed E-state index contributed by atoms with van der Waals surface area (Å²) in [7, 11) is 2.82. The molecule has 2 aromatic heterocycles. The molecule has 8 nitrogen and oxygen atoms in total. The molecule has 0 spiro atoms. The van der Waals surface area contributed by atoms with Crippen molar-refractivity contribution in [1.82, 2.24) is 4.90 Å². The topological polar surface area (TPSA) is 102 Å². The molecule has 1 aromatic carbocycles. The summed E-state index contributed by atoms with van der Waals surface area (Å²) in [5.41, 5.74) is 0.0107. The number of halogens is 1. The van der Waals surface area contributed by atoms with Crippen LogP contribution in [-0.4, -0.2) is 35.9 Å². The largest absolute Gasteiger partial charge is 0.507 e. The third-order valence-corrected chi connectivity index (χ3v) is 5.50. The standard InChI is InChI=1S/C23H20ClNO7/c1-12-6-7-16(32-12)20-19(22(27)23(28)25(20)11-13-5-4-8-31-13)21(26)14-9-18(30-3)15(24)10-17(14)29-2/h4-10,20,26H,11H2,1-3H3/b21-19+. The van der Waals surface area contributed by atoms with Gasteiger partial charge in [-0.1, -0.05) is 11.6 Å². The van der Waals surface area contributed by atoms with Crippen LogP contribution < -0.4 is 9.47 Å². The van der Waals surface area contributed by atoms with Crippen LogP contribution in [-0.2, 0) is 16.1 Å². The van der Waals surface area contributed by atoms with Gasteiger partial charge in [0.2, 0.25) is 0 Å². The minimum Gasteiger partial charge on any atom is -0.507 e. The van der Waals surface area contributed by atoms with Crippen molar-refractivity contribution < 1.29 is 33.0 Å². The average molecular weight is 458 g/mol. The quantitative estimate of drug-likeness (QED) is 0.331. The second-order valence-electron chi connectivity index (χ2n) is 7.14. The Labute approximate surface area is 188 Å². The normalized spacial score (nSPS) is 17.8. The highest BCUT2D eigenvalue weighted by molar-refractivity contribution is 6.46. The lowest BCUT2D eigenvalue weighted by Crippen LogP contribution is -2.28. The van der Waals surface area contributed by atoms with Gasteiger partial charge < -0.3 is 28.3 Å². The molecule has 0 bridgehead atoms. The Morgan fingerprint density at radius 1 is 1.16 bits per heavy atom. The summed E-state index contributed by atoms with van der Waals surface area (Å²) in [4.78, 5) is 27.4. The molecular weight excluding hydrogens is 438 g/mol. The number of carbonyl (C=O) groups is 2. The minimum atomic E-state index is -0.972. The van der Waals surface area contributed by atoms with Crippen LogP contribution in [0.15, 0.2) is 57.1 Å². The fourth-order valence-electron chi connectivity index (χ4n) is 3.70. The van der Waals surface area contributed by atoms with Crippen molar-refractivity contribution >= 4 is 29.1 Å². The van der Waals surface area contributed by atoms with Gasteiger partial charge in [0, 0.05) is 6.07 Å². The fourth-order valence-corrected chi connectivity index (χ4v) is 3.93.